The fraction of sp³-hybridized carbons (Fsp3) is 0.308. The van der Waals surface area contributed by atoms with Crippen LogP contribution in [0, 0.1) is 0 Å². The molecule has 18 heavy (non-hydrogen) atoms. The molecule has 0 aliphatic carbocycles. The topological polar surface area (TPSA) is 17.8 Å². The lowest BCUT2D eigenvalue weighted by Gasteiger charge is -2.06. The third-order valence-electron chi connectivity index (χ3n) is 2.63. The number of benzene rings is 1. The van der Waals surface area contributed by atoms with Gasteiger partial charge in [0, 0.05) is 18.3 Å². The van der Waals surface area contributed by atoms with Crippen molar-refractivity contribution in [3.8, 4) is 11.1 Å². The minimum absolute atomic E-state index is 0.632. The standard InChI is InChI=1S/C13H13F3N2/c1-2-7-18-9-11(8-17-18)10-3-5-12(6-4-10)13(14,15)16/h3-6,8-9H,2,7H2,1H3. The Morgan fingerprint density at radius 2 is 1.78 bits per heavy atom. The summed E-state index contributed by atoms with van der Waals surface area (Å²) in [7, 11) is 0. The molecule has 0 saturated carbocycles. The maximum Gasteiger partial charge on any atom is 0.416 e. The predicted octanol–water partition coefficient (Wildman–Crippen LogP) is 3.98. The van der Waals surface area contributed by atoms with Gasteiger partial charge in [0.15, 0.2) is 0 Å². The molecule has 5 heteroatoms. The first-order chi connectivity index (χ1) is 8.50. The van der Waals surface area contributed by atoms with Gasteiger partial charge in [0.1, 0.15) is 0 Å². The van der Waals surface area contributed by atoms with Crippen LogP contribution in [-0.4, -0.2) is 9.78 Å². The van der Waals surface area contributed by atoms with Crippen molar-refractivity contribution in [2.24, 2.45) is 0 Å². The predicted molar refractivity (Wildman–Crippen MR) is 63.0 cm³/mol. The summed E-state index contributed by atoms with van der Waals surface area (Å²) in [5, 5.41) is 4.15. The van der Waals surface area contributed by atoms with Gasteiger partial charge in [0.2, 0.25) is 0 Å². The Kier molecular flexibility index (Phi) is 3.41. The van der Waals surface area contributed by atoms with E-state index in [1.165, 1.54) is 12.1 Å². The van der Waals surface area contributed by atoms with Gasteiger partial charge < -0.3 is 0 Å². The van der Waals surface area contributed by atoms with Crippen molar-refractivity contribution in [2.45, 2.75) is 26.1 Å². The lowest BCUT2D eigenvalue weighted by atomic mass is 10.1. The minimum atomic E-state index is -4.29. The van der Waals surface area contributed by atoms with Gasteiger partial charge in [0.05, 0.1) is 11.8 Å². The highest BCUT2D eigenvalue weighted by Crippen LogP contribution is 2.30. The minimum Gasteiger partial charge on any atom is -0.272 e. The number of alkyl halides is 3. The summed E-state index contributed by atoms with van der Waals surface area (Å²) in [6.45, 7) is 2.85. The summed E-state index contributed by atoms with van der Waals surface area (Å²) in [6, 6.07) is 5.12. The van der Waals surface area contributed by atoms with Crippen molar-refractivity contribution in [2.75, 3.05) is 0 Å². The molecule has 2 aromatic rings. The molecule has 1 aromatic carbocycles. The second-order valence-electron chi connectivity index (χ2n) is 4.07. The number of hydrogen-bond acceptors (Lipinski definition) is 1. The summed E-state index contributed by atoms with van der Waals surface area (Å²) in [6.07, 6.45) is 0.184. The first kappa shape index (κ1) is 12.7. The van der Waals surface area contributed by atoms with Gasteiger partial charge in [0.25, 0.3) is 0 Å². The highest BCUT2D eigenvalue weighted by molar-refractivity contribution is 5.62. The first-order valence-electron chi connectivity index (χ1n) is 5.71. The van der Waals surface area contributed by atoms with Crippen LogP contribution in [0.25, 0.3) is 11.1 Å². The number of nitrogens with zero attached hydrogens (tertiary/aromatic N) is 2. The van der Waals surface area contributed by atoms with Crippen LogP contribution in [0.2, 0.25) is 0 Å². The van der Waals surface area contributed by atoms with Gasteiger partial charge in [-0.25, -0.2) is 0 Å². The fourth-order valence-electron chi connectivity index (χ4n) is 1.72. The van der Waals surface area contributed by atoms with E-state index in [1.807, 2.05) is 13.1 Å². The molecule has 0 aliphatic rings. The van der Waals surface area contributed by atoms with Crippen molar-refractivity contribution in [1.29, 1.82) is 0 Å². The summed E-state index contributed by atoms with van der Waals surface area (Å²) in [5.74, 6) is 0. The molecule has 0 atom stereocenters. The number of aromatic nitrogens is 2. The van der Waals surface area contributed by atoms with Crippen molar-refractivity contribution in [1.82, 2.24) is 9.78 Å². The maximum atomic E-state index is 12.4. The number of hydrogen-bond donors (Lipinski definition) is 0. The molecule has 0 fully saturated rings. The van der Waals surface area contributed by atoms with Crippen LogP contribution in [-0.2, 0) is 12.7 Å². The Labute approximate surface area is 103 Å². The zero-order valence-electron chi connectivity index (χ0n) is 9.91. The molecule has 0 amide bonds. The van der Waals surface area contributed by atoms with Gasteiger partial charge in [-0.05, 0) is 24.1 Å². The number of halogens is 3. The zero-order chi connectivity index (χ0) is 13.2. The average Bonchev–Trinajstić information content (AvgIpc) is 2.77. The third kappa shape index (κ3) is 2.72. The van der Waals surface area contributed by atoms with Crippen LogP contribution >= 0.6 is 0 Å². The first-order valence-corrected chi connectivity index (χ1v) is 5.71. The van der Waals surface area contributed by atoms with E-state index in [4.69, 9.17) is 0 Å². The van der Waals surface area contributed by atoms with E-state index in [2.05, 4.69) is 5.10 Å². The molecule has 2 nitrogen and oxygen atoms in total. The lowest BCUT2D eigenvalue weighted by Crippen LogP contribution is -2.03. The van der Waals surface area contributed by atoms with E-state index in [1.54, 1.807) is 10.9 Å². The Bertz CT molecular complexity index is 512. The second kappa shape index (κ2) is 4.84. The van der Waals surface area contributed by atoms with Crippen LogP contribution in [0.3, 0.4) is 0 Å². The molecule has 0 N–H and O–H groups in total. The molecule has 0 bridgehead atoms. The zero-order valence-corrected chi connectivity index (χ0v) is 9.91. The second-order valence-corrected chi connectivity index (χ2v) is 4.07. The van der Waals surface area contributed by atoms with Gasteiger partial charge in [-0.1, -0.05) is 19.1 Å². The van der Waals surface area contributed by atoms with Crippen LogP contribution in [0.15, 0.2) is 36.7 Å². The molecular weight excluding hydrogens is 241 g/mol. The molecule has 96 valence electrons. The Morgan fingerprint density at radius 1 is 1.11 bits per heavy atom. The number of rotatable bonds is 3. The third-order valence-corrected chi connectivity index (χ3v) is 2.63. The molecule has 0 unspecified atom stereocenters. The van der Waals surface area contributed by atoms with Crippen molar-refractivity contribution in [3.05, 3.63) is 42.2 Å². The maximum absolute atomic E-state index is 12.4. The SMILES string of the molecule is CCCn1cc(-c2ccc(C(F)(F)F)cc2)cn1. The molecule has 2 rings (SSSR count). The number of aryl methyl sites for hydroxylation is 1. The van der Waals surface area contributed by atoms with Crippen molar-refractivity contribution >= 4 is 0 Å². The van der Waals surface area contributed by atoms with Crippen LogP contribution < -0.4 is 0 Å². The molecule has 0 spiro atoms. The lowest BCUT2D eigenvalue weighted by molar-refractivity contribution is -0.137. The molecule has 0 radical (unpaired) electrons. The summed E-state index contributed by atoms with van der Waals surface area (Å²) >= 11 is 0. The van der Waals surface area contributed by atoms with Gasteiger partial charge in [-0.2, -0.15) is 18.3 Å². The molecule has 0 aliphatic heterocycles. The Hall–Kier alpha value is -1.78. The van der Waals surface area contributed by atoms with Crippen LogP contribution in [0.4, 0.5) is 13.2 Å². The summed E-state index contributed by atoms with van der Waals surface area (Å²) < 4.78 is 39.0. The Balaban J connectivity index is 2.23. The van der Waals surface area contributed by atoms with E-state index in [0.29, 0.717) is 0 Å². The molecule has 1 heterocycles. The molecule has 1 aromatic heterocycles. The molecule has 0 saturated heterocycles. The fourth-order valence-corrected chi connectivity index (χ4v) is 1.72. The smallest absolute Gasteiger partial charge is 0.272 e. The van der Waals surface area contributed by atoms with E-state index in [-0.39, 0.29) is 0 Å². The van der Waals surface area contributed by atoms with E-state index >= 15 is 0 Å². The normalized spacial score (nSPS) is 11.8. The summed E-state index contributed by atoms with van der Waals surface area (Å²) in [5.41, 5.74) is 0.940. The highest BCUT2D eigenvalue weighted by atomic mass is 19.4. The largest absolute Gasteiger partial charge is 0.416 e. The monoisotopic (exact) mass is 254 g/mol. The van der Waals surface area contributed by atoms with Gasteiger partial charge in [-0.3, -0.25) is 4.68 Å². The van der Waals surface area contributed by atoms with Gasteiger partial charge in [-0.15, -0.1) is 0 Å². The quantitative estimate of drug-likeness (QED) is 0.810. The Morgan fingerprint density at radius 3 is 2.33 bits per heavy atom. The van der Waals surface area contributed by atoms with E-state index in [9.17, 15) is 13.2 Å². The van der Waals surface area contributed by atoms with Crippen molar-refractivity contribution in [3.63, 3.8) is 0 Å². The van der Waals surface area contributed by atoms with E-state index in [0.717, 1.165) is 36.2 Å². The van der Waals surface area contributed by atoms with Crippen LogP contribution in [0.1, 0.15) is 18.9 Å². The van der Waals surface area contributed by atoms with Gasteiger partial charge >= 0.3 is 6.18 Å². The van der Waals surface area contributed by atoms with E-state index < -0.39 is 11.7 Å². The van der Waals surface area contributed by atoms with Crippen molar-refractivity contribution < 1.29 is 13.2 Å². The average molecular weight is 254 g/mol. The van der Waals surface area contributed by atoms with Crippen LogP contribution in [0.5, 0.6) is 0 Å². The highest BCUT2D eigenvalue weighted by Gasteiger charge is 2.29. The molecular formula is C13H13F3N2. The summed E-state index contributed by atoms with van der Waals surface area (Å²) in [4.78, 5) is 0.